The third-order valence-electron chi connectivity index (χ3n) is 4.49. The van der Waals surface area contributed by atoms with E-state index in [1.54, 1.807) is 36.1 Å². The van der Waals surface area contributed by atoms with Gasteiger partial charge in [-0.25, -0.2) is 4.79 Å². The van der Waals surface area contributed by atoms with E-state index in [0.29, 0.717) is 30.7 Å². The van der Waals surface area contributed by atoms with Gasteiger partial charge in [0, 0.05) is 13.1 Å². The number of benzene rings is 2. The van der Waals surface area contributed by atoms with Crippen LogP contribution in [0.5, 0.6) is 5.75 Å². The van der Waals surface area contributed by atoms with E-state index in [1.807, 2.05) is 18.2 Å². The quantitative estimate of drug-likeness (QED) is 0.579. The molecule has 0 saturated heterocycles. The molecule has 0 N–H and O–H groups in total. The Hall–Kier alpha value is -3.15. The fourth-order valence-electron chi connectivity index (χ4n) is 3.07. The van der Waals surface area contributed by atoms with Crippen LogP contribution < -0.4 is 4.74 Å². The Morgan fingerprint density at radius 3 is 2.59 bits per heavy atom. The molecule has 0 bridgehead atoms. The molecule has 0 unspecified atom stereocenters. The monoisotopic (exact) mass is 367 g/mol. The first kappa shape index (κ1) is 18.6. The number of carbonyl (C=O) groups excluding carboxylic acids is 3. The van der Waals surface area contributed by atoms with Gasteiger partial charge in [-0.1, -0.05) is 36.4 Å². The van der Waals surface area contributed by atoms with E-state index in [-0.39, 0.29) is 12.5 Å². The topological polar surface area (TPSA) is 72.9 Å². The summed E-state index contributed by atoms with van der Waals surface area (Å²) in [7, 11) is 0. The van der Waals surface area contributed by atoms with Crippen LogP contribution in [-0.4, -0.2) is 42.3 Å². The molecule has 2 aromatic carbocycles. The molecule has 1 aliphatic heterocycles. The summed E-state index contributed by atoms with van der Waals surface area (Å²) < 4.78 is 10.5. The Morgan fingerprint density at radius 2 is 1.81 bits per heavy atom. The molecule has 0 aromatic heterocycles. The molecular formula is C21H21NO5. The standard InChI is InChI=1S/C21H21NO5/c1-15(21(25)22-11-10-16-6-2-3-7-17(16)12-22)27-20(24)14-26-19-9-5-4-8-18(19)13-23/h2-9,13,15H,10-12,14H2,1H3/t15-/m0/s1. The molecule has 0 fully saturated rings. The summed E-state index contributed by atoms with van der Waals surface area (Å²) >= 11 is 0. The lowest BCUT2D eigenvalue weighted by Gasteiger charge is -2.30. The molecule has 1 aliphatic rings. The van der Waals surface area contributed by atoms with Crippen LogP contribution in [0.25, 0.3) is 0 Å². The molecule has 1 heterocycles. The van der Waals surface area contributed by atoms with Gasteiger partial charge in [-0.2, -0.15) is 0 Å². The van der Waals surface area contributed by atoms with Gasteiger partial charge in [0.05, 0.1) is 5.56 Å². The van der Waals surface area contributed by atoms with Crippen molar-refractivity contribution in [1.82, 2.24) is 4.90 Å². The van der Waals surface area contributed by atoms with Crippen molar-refractivity contribution in [1.29, 1.82) is 0 Å². The van der Waals surface area contributed by atoms with E-state index in [1.165, 1.54) is 5.56 Å². The predicted molar refractivity (Wildman–Crippen MR) is 98.4 cm³/mol. The van der Waals surface area contributed by atoms with E-state index in [0.717, 1.165) is 12.0 Å². The fourth-order valence-corrected chi connectivity index (χ4v) is 3.07. The summed E-state index contributed by atoms with van der Waals surface area (Å²) in [6.45, 7) is 2.30. The maximum atomic E-state index is 12.6. The third kappa shape index (κ3) is 4.53. The van der Waals surface area contributed by atoms with Gasteiger partial charge >= 0.3 is 5.97 Å². The summed E-state index contributed by atoms with van der Waals surface area (Å²) in [5.41, 5.74) is 2.71. The van der Waals surface area contributed by atoms with Crippen LogP contribution in [0.2, 0.25) is 0 Å². The number of fused-ring (bicyclic) bond motifs is 1. The van der Waals surface area contributed by atoms with Gasteiger partial charge in [-0.3, -0.25) is 9.59 Å². The predicted octanol–water partition coefficient (Wildman–Crippen LogP) is 2.39. The van der Waals surface area contributed by atoms with Gasteiger partial charge in [0.2, 0.25) is 0 Å². The first-order valence-electron chi connectivity index (χ1n) is 8.80. The summed E-state index contributed by atoms with van der Waals surface area (Å²) in [5, 5.41) is 0. The van der Waals surface area contributed by atoms with Crippen molar-refractivity contribution in [3.63, 3.8) is 0 Å². The number of hydrogen-bond donors (Lipinski definition) is 0. The van der Waals surface area contributed by atoms with Gasteiger partial charge < -0.3 is 14.4 Å². The van der Waals surface area contributed by atoms with Gasteiger partial charge in [0.1, 0.15) is 5.75 Å². The Labute approximate surface area is 157 Å². The summed E-state index contributed by atoms with van der Waals surface area (Å²) in [5.74, 6) is -0.587. The number of aldehydes is 1. The van der Waals surface area contributed by atoms with Crippen molar-refractivity contribution in [2.75, 3.05) is 13.2 Å². The van der Waals surface area contributed by atoms with E-state index in [4.69, 9.17) is 9.47 Å². The average Bonchev–Trinajstić information content (AvgIpc) is 2.71. The first-order chi connectivity index (χ1) is 13.1. The fraction of sp³-hybridized carbons (Fsp3) is 0.286. The molecule has 27 heavy (non-hydrogen) atoms. The molecule has 140 valence electrons. The van der Waals surface area contributed by atoms with E-state index >= 15 is 0 Å². The van der Waals surface area contributed by atoms with Crippen LogP contribution in [0.3, 0.4) is 0 Å². The smallest absolute Gasteiger partial charge is 0.344 e. The number of para-hydroxylation sites is 1. The molecular weight excluding hydrogens is 346 g/mol. The van der Waals surface area contributed by atoms with Crippen molar-refractivity contribution >= 4 is 18.2 Å². The minimum Gasteiger partial charge on any atom is -0.481 e. The van der Waals surface area contributed by atoms with E-state index in [2.05, 4.69) is 6.07 Å². The number of carbonyl (C=O) groups is 3. The van der Waals surface area contributed by atoms with Gasteiger partial charge in [-0.05, 0) is 36.6 Å². The number of amides is 1. The Kier molecular flexibility index (Phi) is 5.86. The van der Waals surface area contributed by atoms with Crippen molar-refractivity contribution in [2.45, 2.75) is 26.0 Å². The van der Waals surface area contributed by atoms with Crippen LogP contribution in [-0.2, 0) is 27.3 Å². The first-order valence-corrected chi connectivity index (χ1v) is 8.80. The summed E-state index contributed by atoms with van der Waals surface area (Å²) in [4.78, 5) is 37.2. The lowest BCUT2D eigenvalue weighted by Crippen LogP contribution is -2.43. The lowest BCUT2D eigenvalue weighted by molar-refractivity contribution is -0.161. The molecule has 0 saturated carbocycles. The van der Waals surface area contributed by atoms with Crippen LogP contribution >= 0.6 is 0 Å². The highest BCUT2D eigenvalue weighted by molar-refractivity contribution is 5.84. The van der Waals surface area contributed by atoms with Crippen LogP contribution in [0.15, 0.2) is 48.5 Å². The van der Waals surface area contributed by atoms with Gasteiger partial charge in [0.25, 0.3) is 5.91 Å². The molecule has 2 aromatic rings. The molecule has 6 heteroatoms. The maximum Gasteiger partial charge on any atom is 0.344 e. The zero-order valence-electron chi connectivity index (χ0n) is 15.1. The number of ether oxygens (including phenoxy) is 2. The van der Waals surface area contributed by atoms with E-state index in [9.17, 15) is 14.4 Å². The Bertz CT molecular complexity index is 848. The van der Waals surface area contributed by atoms with Crippen LogP contribution in [0.4, 0.5) is 0 Å². The molecule has 1 atom stereocenters. The van der Waals surface area contributed by atoms with Crippen molar-refractivity contribution < 1.29 is 23.9 Å². The highest BCUT2D eigenvalue weighted by Crippen LogP contribution is 2.20. The van der Waals surface area contributed by atoms with Crippen molar-refractivity contribution in [3.05, 3.63) is 65.2 Å². The van der Waals surface area contributed by atoms with Crippen LogP contribution in [0.1, 0.15) is 28.4 Å². The molecule has 3 rings (SSSR count). The van der Waals surface area contributed by atoms with Crippen molar-refractivity contribution in [2.24, 2.45) is 0 Å². The van der Waals surface area contributed by atoms with E-state index < -0.39 is 12.1 Å². The zero-order valence-corrected chi connectivity index (χ0v) is 15.1. The molecule has 6 nitrogen and oxygen atoms in total. The Balaban J connectivity index is 1.52. The second-order valence-electron chi connectivity index (χ2n) is 6.35. The van der Waals surface area contributed by atoms with Gasteiger partial charge in [-0.15, -0.1) is 0 Å². The third-order valence-corrected chi connectivity index (χ3v) is 4.49. The second kappa shape index (κ2) is 8.49. The molecule has 0 radical (unpaired) electrons. The average molecular weight is 367 g/mol. The van der Waals surface area contributed by atoms with Gasteiger partial charge in [0.15, 0.2) is 19.0 Å². The molecule has 0 spiro atoms. The minimum absolute atomic E-state index is 0.230. The SMILES string of the molecule is C[C@H](OC(=O)COc1ccccc1C=O)C(=O)N1CCc2ccccc2C1. The number of esters is 1. The van der Waals surface area contributed by atoms with Crippen LogP contribution in [0, 0.1) is 0 Å². The normalized spacial score (nSPS) is 14.0. The minimum atomic E-state index is -0.896. The van der Waals surface area contributed by atoms with Crippen molar-refractivity contribution in [3.8, 4) is 5.75 Å². The maximum absolute atomic E-state index is 12.6. The summed E-state index contributed by atoms with van der Waals surface area (Å²) in [6.07, 6.45) is 0.544. The zero-order chi connectivity index (χ0) is 19.2. The molecule has 1 amide bonds. The molecule has 0 aliphatic carbocycles. The highest BCUT2D eigenvalue weighted by Gasteiger charge is 2.27. The highest BCUT2D eigenvalue weighted by atomic mass is 16.6. The second-order valence-corrected chi connectivity index (χ2v) is 6.35. The Morgan fingerprint density at radius 1 is 1.11 bits per heavy atom. The number of hydrogen-bond acceptors (Lipinski definition) is 5. The number of rotatable bonds is 6. The largest absolute Gasteiger partial charge is 0.481 e. The number of nitrogens with zero attached hydrogens (tertiary/aromatic N) is 1. The lowest BCUT2D eigenvalue weighted by atomic mass is 9.99. The summed E-state index contributed by atoms with van der Waals surface area (Å²) in [6, 6.07) is 14.6.